The van der Waals surface area contributed by atoms with E-state index in [1.807, 2.05) is 36.9 Å². The average molecular weight is 465 g/mol. The van der Waals surface area contributed by atoms with Crippen molar-refractivity contribution in [3.05, 3.63) is 65.2 Å². The first-order chi connectivity index (χ1) is 16.3. The van der Waals surface area contributed by atoms with Crippen LogP contribution in [0.1, 0.15) is 42.5 Å². The van der Waals surface area contributed by atoms with Gasteiger partial charge in [-0.1, -0.05) is 18.7 Å². The summed E-state index contributed by atoms with van der Waals surface area (Å²) in [5, 5.41) is 18.5. The van der Waals surface area contributed by atoms with Gasteiger partial charge in [0.25, 0.3) is 0 Å². The van der Waals surface area contributed by atoms with E-state index in [2.05, 4.69) is 17.6 Å². The Morgan fingerprint density at radius 1 is 1.38 bits per heavy atom. The van der Waals surface area contributed by atoms with Crippen molar-refractivity contribution in [3.63, 3.8) is 0 Å². The molecule has 34 heavy (non-hydrogen) atoms. The number of aliphatic carboxylic acids is 1. The average Bonchev–Trinajstić information content (AvgIpc) is 3.03. The summed E-state index contributed by atoms with van der Waals surface area (Å²) in [6, 6.07) is 12.7. The van der Waals surface area contributed by atoms with Gasteiger partial charge in [-0.15, -0.1) is 0 Å². The largest absolute Gasteiger partial charge is 0.491 e. The number of carboxylic acids is 1. The smallest absolute Gasteiger partial charge is 0.304 e. The highest BCUT2D eigenvalue weighted by Crippen LogP contribution is 2.33. The van der Waals surface area contributed by atoms with Crippen molar-refractivity contribution in [3.8, 4) is 17.6 Å². The van der Waals surface area contributed by atoms with E-state index in [9.17, 15) is 10.1 Å². The molecule has 1 heterocycles. The number of nitriles is 1. The summed E-state index contributed by atoms with van der Waals surface area (Å²) in [4.78, 5) is 22.5. The van der Waals surface area contributed by atoms with Crippen molar-refractivity contribution in [2.24, 2.45) is 10.9 Å². The summed E-state index contributed by atoms with van der Waals surface area (Å²) in [6.07, 6.45) is -0.0143. The van der Waals surface area contributed by atoms with Crippen molar-refractivity contribution in [1.29, 1.82) is 5.26 Å². The number of hydrogen-bond donors (Lipinski definition) is 2. The maximum atomic E-state index is 10.9. The maximum absolute atomic E-state index is 10.9. The minimum atomic E-state index is -0.834. The molecular formula is C25H28N4O5. The first-order valence-electron chi connectivity index (χ1n) is 10.9. The third kappa shape index (κ3) is 6.13. The normalized spacial score (nSPS) is 13.9. The fourth-order valence-electron chi connectivity index (χ4n) is 3.60. The fourth-order valence-corrected chi connectivity index (χ4v) is 3.60. The number of carbonyl (C=O) groups is 1. The van der Waals surface area contributed by atoms with Gasteiger partial charge in [-0.3, -0.25) is 9.69 Å². The maximum Gasteiger partial charge on any atom is 0.304 e. The van der Waals surface area contributed by atoms with E-state index >= 15 is 0 Å². The van der Waals surface area contributed by atoms with E-state index < -0.39 is 5.97 Å². The van der Waals surface area contributed by atoms with E-state index in [4.69, 9.17) is 25.3 Å². The first kappa shape index (κ1) is 24.8. The number of rotatable bonds is 8. The van der Waals surface area contributed by atoms with E-state index in [1.54, 1.807) is 18.2 Å². The Hall–Kier alpha value is -3.87. The Kier molecular flexibility index (Phi) is 8.24. The molecule has 9 nitrogen and oxygen atoms in total. The molecule has 0 spiro atoms. The molecule has 0 unspecified atom stereocenters. The Balaban J connectivity index is 1.88. The number of carboxylic acid groups (broad SMARTS) is 1. The van der Waals surface area contributed by atoms with Gasteiger partial charge in [0, 0.05) is 36.3 Å². The Bertz CT molecular complexity index is 1140. The standard InChI is InChI=1S/C25H28N4O5/c1-16(2)33-22-8-7-18(13-20(22)14-26)25(34-27)28-17(3)21-6-4-5-19-15-29(10-9-23(30)31)11-12-32-24(19)21/h4-8,13,16H,3,9-12,15,27H2,1-2H3,(H,30,31). The summed E-state index contributed by atoms with van der Waals surface area (Å²) in [7, 11) is 0. The van der Waals surface area contributed by atoms with Gasteiger partial charge in [-0.05, 0) is 38.1 Å². The Morgan fingerprint density at radius 3 is 2.85 bits per heavy atom. The van der Waals surface area contributed by atoms with Crippen molar-refractivity contribution in [1.82, 2.24) is 4.90 Å². The molecule has 1 aliphatic rings. The monoisotopic (exact) mass is 464 g/mol. The highest BCUT2D eigenvalue weighted by atomic mass is 16.6. The molecule has 9 heteroatoms. The molecular weight excluding hydrogens is 436 g/mol. The second-order valence-corrected chi connectivity index (χ2v) is 8.03. The molecule has 2 aromatic rings. The van der Waals surface area contributed by atoms with Gasteiger partial charge in [0.15, 0.2) is 0 Å². The zero-order valence-electron chi connectivity index (χ0n) is 19.3. The minimum Gasteiger partial charge on any atom is -0.491 e. The zero-order chi connectivity index (χ0) is 24.7. The number of ether oxygens (including phenoxy) is 2. The predicted octanol–water partition coefficient (Wildman–Crippen LogP) is 3.32. The van der Waals surface area contributed by atoms with Gasteiger partial charge in [0.05, 0.1) is 23.8 Å². The third-order valence-corrected chi connectivity index (χ3v) is 5.16. The van der Waals surface area contributed by atoms with Crippen LogP contribution in [0.5, 0.6) is 11.5 Å². The third-order valence-electron chi connectivity index (χ3n) is 5.16. The fraction of sp³-hybridized carbons (Fsp3) is 0.320. The van der Waals surface area contributed by atoms with Crippen LogP contribution in [0.2, 0.25) is 0 Å². The molecule has 0 saturated heterocycles. The highest BCUT2D eigenvalue weighted by Gasteiger charge is 2.20. The lowest BCUT2D eigenvalue weighted by Gasteiger charge is -2.18. The lowest BCUT2D eigenvalue weighted by Crippen LogP contribution is -2.28. The van der Waals surface area contributed by atoms with Crippen molar-refractivity contribution in [2.45, 2.75) is 32.9 Å². The van der Waals surface area contributed by atoms with Crippen LogP contribution in [0.4, 0.5) is 0 Å². The van der Waals surface area contributed by atoms with Crippen LogP contribution in [0.15, 0.2) is 48.0 Å². The molecule has 0 amide bonds. The van der Waals surface area contributed by atoms with E-state index in [0.717, 1.165) is 5.56 Å². The SMILES string of the molecule is C=C(N=C(ON)c1ccc(OC(C)C)c(C#N)c1)c1cccc2c1OCCN(CCC(=O)O)C2. The van der Waals surface area contributed by atoms with Gasteiger partial charge in [0.2, 0.25) is 5.90 Å². The van der Waals surface area contributed by atoms with Gasteiger partial charge < -0.3 is 19.4 Å². The number of benzene rings is 2. The minimum absolute atomic E-state index is 0.0644. The quantitative estimate of drug-likeness (QED) is 0.346. The number of hydrogen-bond acceptors (Lipinski definition) is 8. The molecule has 0 radical (unpaired) electrons. The molecule has 3 rings (SSSR count). The van der Waals surface area contributed by atoms with Crippen molar-refractivity contribution in [2.75, 3.05) is 19.7 Å². The van der Waals surface area contributed by atoms with Gasteiger partial charge >= 0.3 is 5.97 Å². The van der Waals surface area contributed by atoms with Crippen molar-refractivity contribution < 1.29 is 24.2 Å². The Morgan fingerprint density at radius 2 is 2.18 bits per heavy atom. The molecule has 0 bridgehead atoms. The summed E-state index contributed by atoms with van der Waals surface area (Å²) >= 11 is 0. The van der Waals surface area contributed by atoms with Crippen LogP contribution in [0.3, 0.4) is 0 Å². The number of nitrogens with zero attached hydrogens (tertiary/aromatic N) is 3. The van der Waals surface area contributed by atoms with Crippen LogP contribution in [-0.4, -0.2) is 47.7 Å². The van der Waals surface area contributed by atoms with Gasteiger partial charge in [-0.2, -0.15) is 11.2 Å². The van der Waals surface area contributed by atoms with Gasteiger partial charge in [0.1, 0.15) is 24.2 Å². The van der Waals surface area contributed by atoms with Crippen LogP contribution < -0.4 is 15.4 Å². The number of para-hydroxylation sites is 1. The molecule has 3 N–H and O–H groups in total. The molecule has 0 saturated carbocycles. The van der Waals surface area contributed by atoms with Crippen LogP contribution in [-0.2, 0) is 16.2 Å². The summed E-state index contributed by atoms with van der Waals surface area (Å²) in [5.74, 6) is 5.87. The number of nitrogens with two attached hydrogens (primary N) is 1. The topological polar surface area (TPSA) is 130 Å². The molecule has 0 fully saturated rings. The predicted molar refractivity (Wildman–Crippen MR) is 127 cm³/mol. The zero-order valence-corrected chi connectivity index (χ0v) is 19.3. The summed E-state index contributed by atoms with van der Waals surface area (Å²) in [6.45, 7) is 9.83. The first-order valence-corrected chi connectivity index (χ1v) is 10.9. The van der Waals surface area contributed by atoms with Crippen molar-refractivity contribution >= 4 is 17.6 Å². The summed E-state index contributed by atoms with van der Waals surface area (Å²) in [5.41, 5.74) is 2.79. The highest BCUT2D eigenvalue weighted by molar-refractivity contribution is 5.98. The molecule has 178 valence electrons. The second-order valence-electron chi connectivity index (χ2n) is 8.03. The summed E-state index contributed by atoms with van der Waals surface area (Å²) < 4.78 is 11.7. The lowest BCUT2D eigenvalue weighted by molar-refractivity contribution is -0.137. The van der Waals surface area contributed by atoms with Crippen LogP contribution in [0.25, 0.3) is 5.70 Å². The van der Waals surface area contributed by atoms with E-state index in [0.29, 0.717) is 60.1 Å². The molecule has 0 atom stereocenters. The molecule has 1 aliphatic heterocycles. The molecule has 0 aliphatic carbocycles. The van der Waals surface area contributed by atoms with Crippen LogP contribution in [0, 0.1) is 11.3 Å². The van der Waals surface area contributed by atoms with Gasteiger partial charge in [-0.25, -0.2) is 4.99 Å². The Labute approximate surface area is 198 Å². The molecule has 0 aromatic heterocycles. The number of fused-ring (bicyclic) bond motifs is 1. The second kappa shape index (κ2) is 11.3. The molecule has 2 aromatic carbocycles. The van der Waals surface area contributed by atoms with E-state index in [-0.39, 0.29) is 18.4 Å². The van der Waals surface area contributed by atoms with E-state index in [1.165, 1.54) is 0 Å². The lowest BCUT2D eigenvalue weighted by atomic mass is 10.1. The van der Waals surface area contributed by atoms with Crippen LogP contribution >= 0.6 is 0 Å². The number of aliphatic imine (C=N–C) groups is 1.